The van der Waals surface area contributed by atoms with Crippen molar-refractivity contribution in [3.8, 4) is 5.75 Å². The number of aromatic hydroxyl groups is 1. The fourth-order valence-corrected chi connectivity index (χ4v) is 2.16. The molecule has 0 unspecified atom stereocenters. The Morgan fingerprint density at radius 3 is 2.58 bits per heavy atom. The summed E-state index contributed by atoms with van der Waals surface area (Å²) < 4.78 is 18.0. The molecule has 8 heteroatoms. The SMILES string of the molecule is C[C@H](OC(=O)c1cc(Cl)ccc1O)C(=O)Nc1ccc(F)cc1Cl. The minimum Gasteiger partial charge on any atom is -0.507 e. The minimum atomic E-state index is -1.18. The molecule has 1 atom stereocenters. The van der Waals surface area contributed by atoms with Crippen LogP contribution in [0.5, 0.6) is 5.75 Å². The van der Waals surface area contributed by atoms with E-state index in [4.69, 9.17) is 27.9 Å². The van der Waals surface area contributed by atoms with Gasteiger partial charge in [0.25, 0.3) is 5.91 Å². The number of anilines is 1. The van der Waals surface area contributed by atoms with Gasteiger partial charge in [0.1, 0.15) is 17.1 Å². The summed E-state index contributed by atoms with van der Waals surface area (Å²) in [5.74, 6) is -2.45. The first-order valence-corrected chi connectivity index (χ1v) is 7.49. The smallest absolute Gasteiger partial charge is 0.342 e. The second-order valence-corrected chi connectivity index (χ2v) is 5.67. The lowest BCUT2D eigenvalue weighted by atomic mass is 10.2. The predicted molar refractivity (Wildman–Crippen MR) is 88.0 cm³/mol. The van der Waals surface area contributed by atoms with Crippen molar-refractivity contribution in [2.24, 2.45) is 0 Å². The highest BCUT2D eigenvalue weighted by atomic mass is 35.5. The Morgan fingerprint density at radius 1 is 1.21 bits per heavy atom. The first-order valence-electron chi connectivity index (χ1n) is 6.73. The number of ether oxygens (including phenoxy) is 1. The molecule has 0 aliphatic carbocycles. The van der Waals surface area contributed by atoms with Gasteiger partial charge in [-0.05, 0) is 43.3 Å². The number of hydrogen-bond acceptors (Lipinski definition) is 4. The molecule has 24 heavy (non-hydrogen) atoms. The van der Waals surface area contributed by atoms with Gasteiger partial charge < -0.3 is 15.2 Å². The Balaban J connectivity index is 2.05. The van der Waals surface area contributed by atoms with Crippen LogP contribution >= 0.6 is 23.2 Å². The topological polar surface area (TPSA) is 75.6 Å². The Labute approximate surface area is 147 Å². The zero-order valence-corrected chi connectivity index (χ0v) is 13.9. The van der Waals surface area contributed by atoms with Crippen molar-refractivity contribution in [1.82, 2.24) is 0 Å². The van der Waals surface area contributed by atoms with Gasteiger partial charge in [-0.25, -0.2) is 9.18 Å². The molecule has 2 aromatic rings. The quantitative estimate of drug-likeness (QED) is 0.795. The third-order valence-corrected chi connectivity index (χ3v) is 3.57. The number of amides is 1. The zero-order chi connectivity index (χ0) is 17.9. The van der Waals surface area contributed by atoms with Crippen LogP contribution < -0.4 is 5.32 Å². The largest absolute Gasteiger partial charge is 0.507 e. The van der Waals surface area contributed by atoms with Gasteiger partial charge in [0.15, 0.2) is 6.10 Å². The molecular weight excluding hydrogens is 360 g/mol. The number of rotatable bonds is 4. The van der Waals surface area contributed by atoms with Crippen molar-refractivity contribution < 1.29 is 23.8 Å². The summed E-state index contributed by atoms with van der Waals surface area (Å²) in [5.41, 5.74) is 0.0125. The van der Waals surface area contributed by atoms with E-state index >= 15 is 0 Å². The van der Waals surface area contributed by atoms with Crippen LogP contribution in [0.3, 0.4) is 0 Å². The summed E-state index contributed by atoms with van der Waals surface area (Å²) in [5, 5.41) is 12.3. The number of esters is 1. The van der Waals surface area contributed by atoms with Crippen LogP contribution in [0.15, 0.2) is 36.4 Å². The van der Waals surface area contributed by atoms with Gasteiger partial charge in [-0.2, -0.15) is 0 Å². The molecule has 0 aliphatic rings. The molecule has 2 rings (SSSR count). The minimum absolute atomic E-state index is 0.00867. The van der Waals surface area contributed by atoms with Gasteiger partial charge >= 0.3 is 5.97 Å². The second-order valence-electron chi connectivity index (χ2n) is 4.82. The molecule has 0 heterocycles. The lowest BCUT2D eigenvalue weighted by Crippen LogP contribution is -2.30. The molecule has 1 amide bonds. The number of nitrogens with one attached hydrogen (secondary N) is 1. The van der Waals surface area contributed by atoms with Crippen LogP contribution in [0.25, 0.3) is 0 Å². The fraction of sp³-hybridized carbons (Fsp3) is 0.125. The summed E-state index contributed by atoms with van der Waals surface area (Å²) in [6, 6.07) is 7.32. The molecule has 0 saturated carbocycles. The van der Waals surface area contributed by atoms with E-state index in [0.717, 1.165) is 12.1 Å². The van der Waals surface area contributed by atoms with Gasteiger partial charge in [-0.15, -0.1) is 0 Å². The lowest BCUT2D eigenvalue weighted by Gasteiger charge is -2.14. The summed E-state index contributed by atoms with van der Waals surface area (Å²) in [7, 11) is 0. The number of phenolic OH excluding ortho intramolecular Hbond substituents is 1. The maximum atomic E-state index is 13.0. The van der Waals surface area contributed by atoms with Crippen LogP contribution in [0.2, 0.25) is 10.0 Å². The van der Waals surface area contributed by atoms with Crippen molar-refractivity contribution in [3.63, 3.8) is 0 Å². The van der Waals surface area contributed by atoms with Crippen LogP contribution in [0, 0.1) is 5.82 Å². The summed E-state index contributed by atoms with van der Waals surface area (Å²) in [6.07, 6.45) is -1.18. The van der Waals surface area contributed by atoms with Crippen LogP contribution in [0.1, 0.15) is 17.3 Å². The molecule has 0 spiro atoms. The van der Waals surface area contributed by atoms with Gasteiger partial charge in [0.2, 0.25) is 0 Å². The third-order valence-electron chi connectivity index (χ3n) is 3.02. The first-order chi connectivity index (χ1) is 11.3. The highest BCUT2D eigenvalue weighted by Gasteiger charge is 2.22. The monoisotopic (exact) mass is 371 g/mol. The normalized spacial score (nSPS) is 11.7. The van der Waals surface area contributed by atoms with E-state index in [-0.39, 0.29) is 27.0 Å². The molecule has 0 radical (unpaired) electrons. The van der Waals surface area contributed by atoms with Gasteiger partial charge in [0.05, 0.1) is 10.7 Å². The average Bonchev–Trinajstić information content (AvgIpc) is 2.52. The molecular formula is C16H12Cl2FNO4. The maximum absolute atomic E-state index is 13.0. The second kappa shape index (κ2) is 7.51. The number of carbonyl (C=O) groups is 2. The summed E-state index contributed by atoms with van der Waals surface area (Å²) in [6.45, 7) is 1.34. The number of hydrogen-bond donors (Lipinski definition) is 2. The van der Waals surface area contributed by atoms with E-state index in [2.05, 4.69) is 5.32 Å². The summed E-state index contributed by atoms with van der Waals surface area (Å²) >= 11 is 11.6. The first kappa shape index (κ1) is 18.0. The highest BCUT2D eigenvalue weighted by Crippen LogP contribution is 2.24. The molecule has 0 bridgehead atoms. The molecule has 0 aliphatic heterocycles. The number of halogens is 3. The van der Waals surface area contributed by atoms with E-state index in [1.54, 1.807) is 0 Å². The molecule has 0 aromatic heterocycles. The Morgan fingerprint density at radius 2 is 1.92 bits per heavy atom. The standard InChI is InChI=1S/C16H12Cl2FNO4/c1-8(15(22)20-13-4-3-10(19)7-12(13)18)24-16(23)11-6-9(17)2-5-14(11)21/h2-8,21H,1H3,(H,20,22)/t8-/m0/s1. The molecule has 0 saturated heterocycles. The number of phenols is 1. The van der Waals surface area contributed by atoms with Crippen LogP contribution in [-0.2, 0) is 9.53 Å². The van der Waals surface area contributed by atoms with Crippen molar-refractivity contribution in [1.29, 1.82) is 0 Å². The zero-order valence-electron chi connectivity index (χ0n) is 12.3. The third kappa shape index (κ3) is 4.37. The van der Waals surface area contributed by atoms with Crippen LogP contribution in [0.4, 0.5) is 10.1 Å². The maximum Gasteiger partial charge on any atom is 0.342 e. The molecule has 2 aromatic carbocycles. The average molecular weight is 372 g/mol. The predicted octanol–water partition coefficient (Wildman–Crippen LogP) is 4.02. The Bertz CT molecular complexity index is 798. The van der Waals surface area contributed by atoms with Crippen LogP contribution in [-0.4, -0.2) is 23.1 Å². The van der Waals surface area contributed by atoms with Crippen molar-refractivity contribution in [2.45, 2.75) is 13.0 Å². The highest BCUT2D eigenvalue weighted by molar-refractivity contribution is 6.33. The Hall–Kier alpha value is -2.31. The van der Waals surface area contributed by atoms with Crippen molar-refractivity contribution in [2.75, 3.05) is 5.32 Å². The Kier molecular flexibility index (Phi) is 5.64. The molecule has 0 fully saturated rings. The number of benzene rings is 2. The van der Waals surface area contributed by atoms with Crippen molar-refractivity contribution in [3.05, 3.63) is 57.8 Å². The lowest BCUT2D eigenvalue weighted by molar-refractivity contribution is -0.123. The fourth-order valence-electron chi connectivity index (χ4n) is 1.77. The van der Waals surface area contributed by atoms with E-state index in [9.17, 15) is 19.1 Å². The van der Waals surface area contributed by atoms with E-state index < -0.39 is 23.8 Å². The number of carbonyl (C=O) groups excluding carboxylic acids is 2. The van der Waals surface area contributed by atoms with Gasteiger partial charge in [-0.1, -0.05) is 23.2 Å². The molecule has 5 nitrogen and oxygen atoms in total. The van der Waals surface area contributed by atoms with Gasteiger partial charge in [0, 0.05) is 5.02 Å². The molecule has 2 N–H and O–H groups in total. The molecule has 126 valence electrons. The van der Waals surface area contributed by atoms with Gasteiger partial charge in [-0.3, -0.25) is 4.79 Å². The van der Waals surface area contributed by atoms with E-state index in [0.29, 0.717) is 0 Å². The van der Waals surface area contributed by atoms with E-state index in [1.165, 1.54) is 31.2 Å². The summed E-state index contributed by atoms with van der Waals surface area (Å²) in [4.78, 5) is 24.0. The van der Waals surface area contributed by atoms with E-state index in [1.807, 2.05) is 0 Å². The van der Waals surface area contributed by atoms with Crippen molar-refractivity contribution >= 4 is 40.8 Å².